The Morgan fingerprint density at radius 3 is 2.56 bits per heavy atom. The molecular formula is C26H20FN3O6S3. The number of nitro benzene ring substituents is 1. The van der Waals surface area contributed by atoms with E-state index in [1.807, 2.05) is 17.5 Å². The number of amides is 2. The molecule has 2 aliphatic rings. The van der Waals surface area contributed by atoms with Crippen LogP contribution in [-0.4, -0.2) is 44.8 Å². The Balaban J connectivity index is 1.34. The zero-order valence-corrected chi connectivity index (χ0v) is 22.5. The van der Waals surface area contributed by atoms with E-state index in [0.29, 0.717) is 21.1 Å². The van der Waals surface area contributed by atoms with Gasteiger partial charge in [-0.05, 0) is 53.4 Å². The second kappa shape index (κ2) is 11.6. The van der Waals surface area contributed by atoms with Gasteiger partial charge >= 0.3 is 5.97 Å². The molecule has 0 spiro atoms. The molecule has 2 amide bonds. The smallest absolute Gasteiger partial charge is 0.356 e. The fraction of sp³-hybridized carbons (Fsp3) is 0.192. The van der Waals surface area contributed by atoms with Crippen LogP contribution in [-0.2, 0) is 32.1 Å². The summed E-state index contributed by atoms with van der Waals surface area (Å²) in [5, 5.41) is 15.1. The van der Waals surface area contributed by atoms with Gasteiger partial charge in [0.1, 0.15) is 29.5 Å². The van der Waals surface area contributed by atoms with Crippen molar-refractivity contribution in [2.24, 2.45) is 0 Å². The molecule has 200 valence electrons. The van der Waals surface area contributed by atoms with Gasteiger partial charge in [-0.25, -0.2) is 9.18 Å². The van der Waals surface area contributed by atoms with Crippen molar-refractivity contribution in [3.05, 3.63) is 103 Å². The standard InChI is InChI=1S/C26H20FN3O6S3/c27-16-5-9-18(10-6-16)39-20-14-38-25-22(28-21(31)12-19-2-1-11-37-19)24(32)29(25)23(20)26(33)36-13-15-3-7-17(8-4-15)30(34)35/h1-11,22,25H,12-14H2,(H,28,31)/t22?,25-/m0/s1. The summed E-state index contributed by atoms with van der Waals surface area (Å²) in [6.07, 6.45) is 0.157. The topological polar surface area (TPSA) is 119 Å². The lowest BCUT2D eigenvalue weighted by Gasteiger charge is -2.49. The van der Waals surface area contributed by atoms with E-state index in [-0.39, 0.29) is 30.3 Å². The average Bonchev–Trinajstić information content (AvgIpc) is 3.44. The summed E-state index contributed by atoms with van der Waals surface area (Å²) in [7, 11) is 0. The van der Waals surface area contributed by atoms with Crippen molar-refractivity contribution >= 4 is 58.3 Å². The minimum atomic E-state index is -0.780. The van der Waals surface area contributed by atoms with Gasteiger partial charge in [0, 0.05) is 32.6 Å². The number of fused-ring (bicyclic) bond motifs is 1. The zero-order valence-electron chi connectivity index (χ0n) is 20.1. The number of nitrogens with one attached hydrogen (secondary N) is 1. The van der Waals surface area contributed by atoms with Crippen molar-refractivity contribution in [2.75, 3.05) is 5.75 Å². The lowest BCUT2D eigenvalue weighted by Crippen LogP contribution is -2.70. The van der Waals surface area contributed by atoms with Crippen molar-refractivity contribution in [1.82, 2.24) is 10.2 Å². The normalized spacial score (nSPS) is 18.3. The molecule has 2 atom stereocenters. The molecule has 5 rings (SSSR count). The van der Waals surface area contributed by atoms with Crippen LogP contribution in [0.4, 0.5) is 10.1 Å². The van der Waals surface area contributed by atoms with Gasteiger partial charge in [-0.3, -0.25) is 24.6 Å². The van der Waals surface area contributed by atoms with Crippen LogP contribution in [0.5, 0.6) is 0 Å². The van der Waals surface area contributed by atoms with Crippen LogP contribution in [0.25, 0.3) is 0 Å². The highest BCUT2D eigenvalue weighted by Gasteiger charge is 2.54. The largest absolute Gasteiger partial charge is 0.456 e. The molecule has 9 nitrogen and oxygen atoms in total. The molecule has 0 bridgehead atoms. The van der Waals surface area contributed by atoms with E-state index in [2.05, 4.69) is 5.32 Å². The number of carbonyl (C=O) groups is 3. The Labute approximate surface area is 234 Å². The number of esters is 1. The quantitative estimate of drug-likeness (QED) is 0.169. The Morgan fingerprint density at radius 2 is 1.90 bits per heavy atom. The van der Waals surface area contributed by atoms with E-state index in [1.54, 1.807) is 12.1 Å². The first kappa shape index (κ1) is 26.9. The van der Waals surface area contributed by atoms with Crippen molar-refractivity contribution in [2.45, 2.75) is 29.3 Å². The third-order valence-electron chi connectivity index (χ3n) is 5.93. The van der Waals surface area contributed by atoms with Gasteiger partial charge in [0.15, 0.2) is 0 Å². The molecule has 2 aromatic carbocycles. The summed E-state index contributed by atoms with van der Waals surface area (Å²) in [4.78, 5) is 52.9. The first-order valence-corrected chi connectivity index (χ1v) is 14.4. The Hall–Kier alpha value is -3.68. The molecule has 39 heavy (non-hydrogen) atoms. The Morgan fingerprint density at radius 1 is 1.15 bits per heavy atom. The van der Waals surface area contributed by atoms with E-state index < -0.39 is 34.0 Å². The number of β-lactam (4-membered cyclic amide) rings is 1. The van der Waals surface area contributed by atoms with E-state index >= 15 is 0 Å². The Kier molecular flexibility index (Phi) is 8.00. The number of non-ortho nitro benzene ring substituents is 1. The predicted molar refractivity (Wildman–Crippen MR) is 145 cm³/mol. The fourth-order valence-corrected chi connectivity index (χ4v) is 7.20. The molecule has 1 N–H and O–H groups in total. The fourth-order valence-electron chi connectivity index (χ4n) is 4.03. The first-order chi connectivity index (χ1) is 18.8. The maximum Gasteiger partial charge on any atom is 0.356 e. The number of ether oxygens (including phenoxy) is 1. The monoisotopic (exact) mass is 585 g/mol. The predicted octanol–water partition coefficient (Wildman–Crippen LogP) is 4.49. The number of benzene rings is 2. The number of nitrogens with zero attached hydrogens (tertiary/aromatic N) is 2. The van der Waals surface area contributed by atoms with Crippen molar-refractivity contribution in [3.8, 4) is 0 Å². The van der Waals surface area contributed by atoms with Crippen LogP contribution in [0.1, 0.15) is 10.4 Å². The number of carbonyl (C=O) groups excluding carboxylic acids is 3. The minimum Gasteiger partial charge on any atom is -0.456 e. The van der Waals surface area contributed by atoms with E-state index in [1.165, 1.54) is 76.2 Å². The molecule has 0 aliphatic carbocycles. The number of hydrogen-bond acceptors (Lipinski definition) is 9. The van der Waals surface area contributed by atoms with Crippen LogP contribution in [0.15, 0.2) is 81.5 Å². The van der Waals surface area contributed by atoms with Gasteiger partial charge in [-0.1, -0.05) is 17.8 Å². The summed E-state index contributed by atoms with van der Waals surface area (Å²) in [5.41, 5.74) is 0.526. The second-order valence-electron chi connectivity index (χ2n) is 8.54. The van der Waals surface area contributed by atoms with Crippen LogP contribution >= 0.6 is 34.9 Å². The molecule has 0 radical (unpaired) electrons. The third kappa shape index (κ3) is 6.00. The number of nitro groups is 1. The highest BCUT2D eigenvalue weighted by molar-refractivity contribution is 8.06. The second-order valence-corrected chi connectivity index (χ2v) is 11.8. The Bertz CT molecular complexity index is 1440. The number of thioether (sulfide) groups is 2. The van der Waals surface area contributed by atoms with E-state index in [4.69, 9.17) is 4.74 Å². The average molecular weight is 586 g/mol. The van der Waals surface area contributed by atoms with Gasteiger partial charge in [-0.2, -0.15) is 0 Å². The van der Waals surface area contributed by atoms with Crippen LogP contribution in [0, 0.1) is 15.9 Å². The summed E-state index contributed by atoms with van der Waals surface area (Å²) < 4.78 is 18.9. The number of hydrogen-bond donors (Lipinski definition) is 1. The van der Waals surface area contributed by atoms with E-state index in [9.17, 15) is 28.9 Å². The first-order valence-electron chi connectivity index (χ1n) is 11.6. The lowest BCUT2D eigenvalue weighted by atomic mass is 10.0. The number of halogens is 1. The number of rotatable bonds is 9. The van der Waals surface area contributed by atoms with Gasteiger partial charge in [0.2, 0.25) is 5.91 Å². The molecule has 1 fully saturated rings. The van der Waals surface area contributed by atoms with Gasteiger partial charge in [-0.15, -0.1) is 23.1 Å². The lowest BCUT2D eigenvalue weighted by molar-refractivity contribution is -0.384. The van der Waals surface area contributed by atoms with Gasteiger partial charge < -0.3 is 10.1 Å². The maximum atomic E-state index is 13.4. The van der Waals surface area contributed by atoms with Crippen molar-refractivity contribution < 1.29 is 28.4 Å². The molecule has 1 unspecified atom stereocenters. The van der Waals surface area contributed by atoms with Crippen LogP contribution in [0.3, 0.4) is 0 Å². The third-order valence-corrected chi connectivity index (χ3v) is 9.36. The van der Waals surface area contributed by atoms with Gasteiger partial charge in [0.25, 0.3) is 11.6 Å². The van der Waals surface area contributed by atoms with E-state index in [0.717, 1.165) is 4.88 Å². The molecule has 13 heteroatoms. The van der Waals surface area contributed by atoms with Crippen molar-refractivity contribution in [1.29, 1.82) is 0 Å². The molecule has 1 aromatic heterocycles. The summed E-state index contributed by atoms with van der Waals surface area (Å²) >= 11 is 4.10. The molecule has 2 aliphatic heterocycles. The zero-order chi connectivity index (χ0) is 27.5. The van der Waals surface area contributed by atoms with Crippen LogP contribution in [0.2, 0.25) is 0 Å². The molecule has 0 saturated carbocycles. The number of thiophene rings is 1. The molecular weight excluding hydrogens is 566 g/mol. The molecule has 3 aromatic rings. The highest BCUT2D eigenvalue weighted by Crippen LogP contribution is 2.45. The summed E-state index contributed by atoms with van der Waals surface area (Å²) in [6, 6.07) is 14.3. The highest BCUT2D eigenvalue weighted by atomic mass is 32.2. The van der Waals surface area contributed by atoms with Gasteiger partial charge in [0.05, 0.1) is 11.3 Å². The SMILES string of the molecule is O=C(Cc1cccs1)NC1C(=O)N2C(C(=O)OCc3ccc([N+](=O)[O-])cc3)=C(Sc3ccc(F)cc3)CS[C@@H]12. The minimum absolute atomic E-state index is 0.0729. The molecule has 1 saturated heterocycles. The van der Waals surface area contributed by atoms with Crippen molar-refractivity contribution in [3.63, 3.8) is 0 Å². The summed E-state index contributed by atoms with van der Waals surface area (Å²) in [6.45, 7) is -0.157. The molecule has 3 heterocycles. The summed E-state index contributed by atoms with van der Waals surface area (Å²) in [5.74, 6) is -1.47. The maximum absolute atomic E-state index is 13.4. The van der Waals surface area contributed by atoms with Crippen LogP contribution < -0.4 is 5.32 Å².